The number of halogens is 1. The highest BCUT2D eigenvalue weighted by atomic mass is 35.6. The van der Waals surface area contributed by atoms with Gasteiger partial charge in [0.1, 0.15) is 0 Å². The van der Waals surface area contributed by atoms with Crippen molar-refractivity contribution in [3.8, 4) is 0 Å². The van der Waals surface area contributed by atoms with Crippen LogP contribution in [0, 0.1) is 0 Å². The summed E-state index contributed by atoms with van der Waals surface area (Å²) < 4.78 is 0. The van der Waals surface area contributed by atoms with E-state index < -0.39 is 7.38 Å². The molecule has 0 amide bonds. The topological polar surface area (TPSA) is 0 Å². The molecule has 0 saturated heterocycles. The molecule has 15 heavy (non-hydrogen) atoms. The number of allylic oxidation sites excluding steroid dienone is 4. The van der Waals surface area contributed by atoms with Gasteiger partial charge in [-0.2, -0.15) is 11.1 Å². The molecule has 0 bridgehead atoms. The zero-order valence-corrected chi connectivity index (χ0v) is 12.3. The number of rotatable bonds is 4. The van der Waals surface area contributed by atoms with Crippen LogP contribution in [0.1, 0.15) is 39.5 Å². The van der Waals surface area contributed by atoms with Gasteiger partial charge in [0.2, 0.25) is 0 Å². The van der Waals surface area contributed by atoms with Crippen molar-refractivity contribution in [2.75, 3.05) is 0 Å². The molecule has 0 atom stereocenters. The molecular formula is C13H25ClSi. The minimum atomic E-state index is -1.43. The Hall–Kier alpha value is -0.0131. The van der Waals surface area contributed by atoms with Gasteiger partial charge in [-0.1, -0.05) is 76.9 Å². The van der Waals surface area contributed by atoms with Crippen molar-refractivity contribution >= 4 is 18.5 Å². The molecule has 0 spiro atoms. The van der Waals surface area contributed by atoms with E-state index in [1.807, 2.05) is 0 Å². The molecule has 0 radical (unpaired) electrons. The Morgan fingerprint density at radius 3 is 1.60 bits per heavy atom. The molecular weight excluding hydrogens is 220 g/mol. The Morgan fingerprint density at radius 1 is 1.00 bits per heavy atom. The summed E-state index contributed by atoms with van der Waals surface area (Å²) in [6, 6.07) is 0. The smallest absolute Gasteiger partial charge is 0.160 e. The second-order valence-electron chi connectivity index (χ2n) is 4.57. The maximum absolute atomic E-state index is 6.18. The third-order valence-electron chi connectivity index (χ3n) is 2.50. The Morgan fingerprint density at radius 2 is 1.40 bits per heavy atom. The summed E-state index contributed by atoms with van der Waals surface area (Å²) in [6.45, 7) is 8.80. The van der Waals surface area contributed by atoms with Gasteiger partial charge in [-0.05, 0) is 0 Å². The molecule has 88 valence electrons. The lowest BCUT2D eigenvalue weighted by Crippen LogP contribution is -2.21. The molecule has 0 aromatic heterocycles. The van der Waals surface area contributed by atoms with Crippen LogP contribution in [-0.4, -0.2) is 7.38 Å². The lowest BCUT2D eigenvalue weighted by atomic mass is 10.2. The first-order valence-corrected chi connectivity index (χ1v) is 10.1. The van der Waals surface area contributed by atoms with Crippen LogP contribution in [0.4, 0.5) is 0 Å². The van der Waals surface area contributed by atoms with Crippen molar-refractivity contribution in [2.45, 2.75) is 58.2 Å². The number of hydrogen-bond acceptors (Lipinski definition) is 0. The van der Waals surface area contributed by atoms with Gasteiger partial charge >= 0.3 is 0 Å². The van der Waals surface area contributed by atoms with E-state index in [2.05, 4.69) is 51.2 Å². The molecule has 1 rings (SSSR count). The van der Waals surface area contributed by atoms with E-state index in [0.717, 1.165) is 0 Å². The van der Waals surface area contributed by atoms with Crippen LogP contribution in [-0.2, 0) is 0 Å². The monoisotopic (exact) mass is 244 g/mol. The molecule has 0 saturated carbocycles. The minimum absolute atomic E-state index is 0.555. The van der Waals surface area contributed by atoms with Crippen molar-refractivity contribution in [1.82, 2.24) is 0 Å². The van der Waals surface area contributed by atoms with Gasteiger partial charge in [0, 0.05) is 5.54 Å². The van der Waals surface area contributed by atoms with Crippen molar-refractivity contribution in [3.05, 3.63) is 24.3 Å². The van der Waals surface area contributed by atoms with Crippen molar-refractivity contribution < 1.29 is 0 Å². The standard InChI is InChI=1S/C7H11ClSi.C6H14/c1-9(2,8)7-5-3-4-6-7;1-3-5-6-4-2/h3-7H,1-2H3;3-6H2,1-2H3. The molecule has 0 aliphatic heterocycles. The molecule has 0 fully saturated rings. The average Bonchev–Trinajstić information content (AvgIpc) is 2.67. The first-order chi connectivity index (χ1) is 7.02. The minimum Gasteiger partial charge on any atom is -0.167 e. The molecule has 1 aliphatic rings. The summed E-state index contributed by atoms with van der Waals surface area (Å²) >= 11 is 6.18. The summed E-state index contributed by atoms with van der Waals surface area (Å²) in [5, 5.41) is 0. The van der Waals surface area contributed by atoms with Crippen LogP contribution in [0.2, 0.25) is 18.6 Å². The zero-order chi connectivity index (χ0) is 11.7. The van der Waals surface area contributed by atoms with E-state index in [1.54, 1.807) is 0 Å². The summed E-state index contributed by atoms with van der Waals surface area (Å²) in [7, 11) is -1.43. The van der Waals surface area contributed by atoms with Gasteiger partial charge in [0.05, 0.1) is 0 Å². The average molecular weight is 245 g/mol. The molecule has 0 aromatic carbocycles. The fourth-order valence-electron chi connectivity index (χ4n) is 1.39. The van der Waals surface area contributed by atoms with Crippen LogP contribution in [0.5, 0.6) is 0 Å². The van der Waals surface area contributed by atoms with Crippen LogP contribution in [0.15, 0.2) is 24.3 Å². The fraction of sp³-hybridized carbons (Fsp3) is 0.692. The van der Waals surface area contributed by atoms with E-state index in [9.17, 15) is 0 Å². The summed E-state index contributed by atoms with van der Waals surface area (Å²) in [5.41, 5.74) is 0.555. The first-order valence-electron chi connectivity index (χ1n) is 6.06. The third kappa shape index (κ3) is 7.86. The van der Waals surface area contributed by atoms with Gasteiger partial charge < -0.3 is 0 Å². The highest BCUT2D eigenvalue weighted by molar-refractivity contribution is 7.20. The molecule has 0 heterocycles. The van der Waals surface area contributed by atoms with E-state index in [0.29, 0.717) is 5.54 Å². The molecule has 0 N–H and O–H groups in total. The Labute approximate surface area is 101 Å². The highest BCUT2D eigenvalue weighted by Gasteiger charge is 2.26. The molecule has 1 aliphatic carbocycles. The van der Waals surface area contributed by atoms with Crippen LogP contribution in [0.25, 0.3) is 0 Å². The third-order valence-corrected chi connectivity index (χ3v) is 5.22. The first kappa shape index (κ1) is 15.0. The molecule has 0 nitrogen and oxygen atoms in total. The summed E-state index contributed by atoms with van der Waals surface area (Å²) in [6.07, 6.45) is 14.0. The van der Waals surface area contributed by atoms with Crippen LogP contribution < -0.4 is 0 Å². The predicted octanol–water partition coefficient (Wildman–Crippen LogP) is 5.51. The van der Waals surface area contributed by atoms with Gasteiger partial charge in [-0.25, -0.2) is 0 Å². The van der Waals surface area contributed by atoms with Gasteiger partial charge in [-0.3, -0.25) is 0 Å². The second-order valence-corrected chi connectivity index (χ2v) is 11.3. The largest absolute Gasteiger partial charge is 0.167 e. The summed E-state index contributed by atoms with van der Waals surface area (Å²) in [4.78, 5) is 0. The Kier molecular flexibility index (Phi) is 8.17. The molecule has 2 heteroatoms. The van der Waals surface area contributed by atoms with E-state index in [1.165, 1.54) is 25.7 Å². The van der Waals surface area contributed by atoms with Gasteiger partial charge in [-0.15, -0.1) is 0 Å². The van der Waals surface area contributed by atoms with Crippen LogP contribution in [0.3, 0.4) is 0 Å². The summed E-state index contributed by atoms with van der Waals surface area (Å²) in [5.74, 6) is 0. The molecule has 0 aromatic rings. The SMILES string of the molecule is CCCCCC.C[Si](C)(Cl)C1C=CC=C1. The predicted molar refractivity (Wildman–Crippen MR) is 75.2 cm³/mol. The van der Waals surface area contributed by atoms with Gasteiger partial charge in [0.15, 0.2) is 7.38 Å². The van der Waals surface area contributed by atoms with Crippen molar-refractivity contribution in [2.24, 2.45) is 0 Å². The highest BCUT2D eigenvalue weighted by Crippen LogP contribution is 2.30. The fourth-order valence-corrected chi connectivity index (χ4v) is 2.96. The molecule has 0 unspecified atom stereocenters. The van der Waals surface area contributed by atoms with Crippen LogP contribution >= 0.6 is 11.1 Å². The quantitative estimate of drug-likeness (QED) is 0.347. The van der Waals surface area contributed by atoms with Crippen molar-refractivity contribution in [1.29, 1.82) is 0 Å². The lowest BCUT2D eigenvalue weighted by molar-refractivity contribution is 0.702. The normalized spacial score (nSPS) is 15.3. The second kappa shape index (κ2) is 8.18. The van der Waals surface area contributed by atoms with E-state index in [-0.39, 0.29) is 0 Å². The zero-order valence-electron chi connectivity index (χ0n) is 10.6. The number of hydrogen-bond donors (Lipinski definition) is 0. The Bertz CT molecular complexity index is 185. The van der Waals surface area contributed by atoms with Crippen molar-refractivity contribution in [3.63, 3.8) is 0 Å². The maximum Gasteiger partial charge on any atom is 0.160 e. The number of unbranched alkanes of at least 4 members (excludes halogenated alkanes) is 3. The van der Waals surface area contributed by atoms with E-state index in [4.69, 9.17) is 11.1 Å². The lowest BCUT2D eigenvalue weighted by Gasteiger charge is -2.17. The Balaban J connectivity index is 0.000000288. The maximum atomic E-state index is 6.18. The van der Waals surface area contributed by atoms with E-state index >= 15 is 0 Å². The van der Waals surface area contributed by atoms with Gasteiger partial charge in [0.25, 0.3) is 0 Å².